The summed E-state index contributed by atoms with van der Waals surface area (Å²) in [4.78, 5) is 10.7. The van der Waals surface area contributed by atoms with Crippen LogP contribution in [0.25, 0.3) is 17.0 Å². The number of aromatic amines is 1. The molecule has 2 rings (SSSR count). The Morgan fingerprint density at radius 1 is 1.47 bits per heavy atom. The van der Waals surface area contributed by atoms with Crippen LogP contribution in [0.15, 0.2) is 29.8 Å². The zero-order valence-corrected chi connectivity index (χ0v) is 8.19. The molecule has 2 N–H and O–H groups in total. The van der Waals surface area contributed by atoms with Crippen LogP contribution >= 0.6 is 0 Å². The number of hydrogen-bond donors (Lipinski definition) is 2. The van der Waals surface area contributed by atoms with Crippen molar-refractivity contribution in [3.63, 3.8) is 0 Å². The Kier molecular flexibility index (Phi) is 2.25. The summed E-state index contributed by atoms with van der Waals surface area (Å²) >= 11 is 0. The standard InChI is InChI=1S/C11H10N2O2/c1-7(11(14)15)6-10-8-4-2-3-5-9(8)12-13-10/h2-6H,1H3,(H,12,13)(H,14,15)/b7-6+. The highest BCUT2D eigenvalue weighted by Gasteiger charge is 2.04. The Morgan fingerprint density at radius 3 is 2.93 bits per heavy atom. The van der Waals surface area contributed by atoms with Gasteiger partial charge < -0.3 is 5.11 Å². The van der Waals surface area contributed by atoms with Crippen LogP contribution in [0.3, 0.4) is 0 Å². The highest BCUT2D eigenvalue weighted by molar-refractivity contribution is 5.95. The lowest BCUT2D eigenvalue weighted by Gasteiger charge is -1.92. The predicted octanol–water partition coefficient (Wildman–Crippen LogP) is 2.05. The van der Waals surface area contributed by atoms with Crippen LogP contribution in [0, 0.1) is 0 Å². The molecule has 0 spiro atoms. The van der Waals surface area contributed by atoms with Gasteiger partial charge in [-0.25, -0.2) is 4.79 Å². The highest BCUT2D eigenvalue weighted by Crippen LogP contribution is 2.17. The molecule has 0 unspecified atom stereocenters. The minimum Gasteiger partial charge on any atom is -0.478 e. The molecule has 0 amide bonds. The van der Waals surface area contributed by atoms with E-state index in [2.05, 4.69) is 10.2 Å². The second-order valence-corrected chi connectivity index (χ2v) is 3.29. The Labute approximate surface area is 86.2 Å². The van der Waals surface area contributed by atoms with E-state index in [0.29, 0.717) is 0 Å². The van der Waals surface area contributed by atoms with Crippen molar-refractivity contribution in [3.05, 3.63) is 35.5 Å². The normalized spacial score (nSPS) is 11.9. The number of aliphatic carboxylic acids is 1. The molecule has 1 heterocycles. The first-order chi connectivity index (χ1) is 7.18. The monoisotopic (exact) mass is 202 g/mol. The summed E-state index contributed by atoms with van der Waals surface area (Å²) in [5, 5.41) is 16.6. The summed E-state index contributed by atoms with van der Waals surface area (Å²) in [6.45, 7) is 1.55. The third-order valence-corrected chi connectivity index (χ3v) is 2.19. The van der Waals surface area contributed by atoms with Gasteiger partial charge >= 0.3 is 5.97 Å². The fraction of sp³-hybridized carbons (Fsp3) is 0.0909. The van der Waals surface area contributed by atoms with Gasteiger partial charge in [0.25, 0.3) is 0 Å². The molecule has 0 aliphatic rings. The Hall–Kier alpha value is -2.10. The van der Waals surface area contributed by atoms with E-state index in [1.165, 1.54) is 0 Å². The topological polar surface area (TPSA) is 66.0 Å². The van der Waals surface area contributed by atoms with Gasteiger partial charge in [0.05, 0.1) is 11.2 Å². The van der Waals surface area contributed by atoms with Crippen LogP contribution in [0.4, 0.5) is 0 Å². The molecule has 1 aromatic carbocycles. The molecular weight excluding hydrogens is 192 g/mol. The van der Waals surface area contributed by atoms with Crippen molar-refractivity contribution >= 4 is 22.9 Å². The number of aromatic nitrogens is 2. The number of para-hydroxylation sites is 1. The molecule has 0 radical (unpaired) electrons. The van der Waals surface area contributed by atoms with Gasteiger partial charge in [-0.05, 0) is 19.1 Å². The molecule has 0 saturated heterocycles. The van der Waals surface area contributed by atoms with Crippen molar-refractivity contribution < 1.29 is 9.90 Å². The van der Waals surface area contributed by atoms with Crippen molar-refractivity contribution in [1.29, 1.82) is 0 Å². The summed E-state index contributed by atoms with van der Waals surface area (Å²) < 4.78 is 0. The smallest absolute Gasteiger partial charge is 0.331 e. The van der Waals surface area contributed by atoms with Crippen LogP contribution in [0.2, 0.25) is 0 Å². The summed E-state index contributed by atoms with van der Waals surface area (Å²) in [6.07, 6.45) is 1.58. The van der Waals surface area contributed by atoms with Gasteiger partial charge in [0.15, 0.2) is 0 Å². The average molecular weight is 202 g/mol. The Morgan fingerprint density at radius 2 is 2.20 bits per heavy atom. The second-order valence-electron chi connectivity index (χ2n) is 3.29. The Bertz CT molecular complexity index is 540. The van der Waals surface area contributed by atoms with Gasteiger partial charge in [-0.3, -0.25) is 5.10 Å². The van der Waals surface area contributed by atoms with E-state index in [1.807, 2.05) is 24.3 Å². The first-order valence-corrected chi connectivity index (χ1v) is 4.53. The lowest BCUT2D eigenvalue weighted by atomic mass is 10.1. The van der Waals surface area contributed by atoms with Crippen LogP contribution in [-0.4, -0.2) is 21.3 Å². The zero-order valence-electron chi connectivity index (χ0n) is 8.19. The van der Waals surface area contributed by atoms with Crippen LogP contribution in [0.1, 0.15) is 12.6 Å². The number of nitrogens with zero attached hydrogens (tertiary/aromatic N) is 1. The fourth-order valence-electron chi connectivity index (χ4n) is 1.37. The van der Waals surface area contributed by atoms with E-state index < -0.39 is 5.97 Å². The molecule has 4 nitrogen and oxygen atoms in total. The lowest BCUT2D eigenvalue weighted by molar-refractivity contribution is -0.132. The third kappa shape index (κ3) is 1.74. The van der Waals surface area contributed by atoms with Crippen molar-refractivity contribution in [2.75, 3.05) is 0 Å². The van der Waals surface area contributed by atoms with E-state index >= 15 is 0 Å². The van der Waals surface area contributed by atoms with Crippen molar-refractivity contribution in [2.45, 2.75) is 6.92 Å². The molecule has 76 valence electrons. The molecule has 0 bridgehead atoms. The summed E-state index contributed by atoms with van der Waals surface area (Å²) in [5.74, 6) is -0.923. The van der Waals surface area contributed by atoms with Crippen molar-refractivity contribution in [3.8, 4) is 0 Å². The van der Waals surface area contributed by atoms with Gasteiger partial charge in [0, 0.05) is 11.0 Å². The largest absolute Gasteiger partial charge is 0.478 e. The minimum absolute atomic E-state index is 0.282. The quantitative estimate of drug-likeness (QED) is 0.732. The number of rotatable bonds is 2. The van der Waals surface area contributed by atoms with Gasteiger partial charge in [0.1, 0.15) is 0 Å². The van der Waals surface area contributed by atoms with Gasteiger partial charge in [-0.1, -0.05) is 18.2 Å². The van der Waals surface area contributed by atoms with Crippen molar-refractivity contribution in [1.82, 2.24) is 10.2 Å². The number of carboxylic acids is 1. The van der Waals surface area contributed by atoms with Crippen LogP contribution < -0.4 is 0 Å². The van der Waals surface area contributed by atoms with Gasteiger partial charge in [0.2, 0.25) is 0 Å². The summed E-state index contributed by atoms with van der Waals surface area (Å²) in [7, 11) is 0. The lowest BCUT2D eigenvalue weighted by Crippen LogP contribution is -1.95. The number of H-pyrrole nitrogens is 1. The predicted molar refractivity (Wildman–Crippen MR) is 57.4 cm³/mol. The number of carboxylic acid groups (broad SMARTS) is 1. The third-order valence-electron chi connectivity index (χ3n) is 2.19. The van der Waals surface area contributed by atoms with E-state index in [0.717, 1.165) is 16.6 Å². The van der Waals surface area contributed by atoms with E-state index in [1.54, 1.807) is 13.0 Å². The maximum atomic E-state index is 10.7. The van der Waals surface area contributed by atoms with Gasteiger partial charge in [-0.15, -0.1) is 0 Å². The number of hydrogen-bond acceptors (Lipinski definition) is 2. The zero-order chi connectivity index (χ0) is 10.8. The number of benzene rings is 1. The molecule has 0 aliphatic heterocycles. The summed E-state index contributed by atoms with van der Waals surface area (Å²) in [6, 6.07) is 7.56. The molecular formula is C11H10N2O2. The average Bonchev–Trinajstić information content (AvgIpc) is 2.62. The van der Waals surface area contributed by atoms with Crippen LogP contribution in [-0.2, 0) is 4.79 Å². The minimum atomic E-state index is -0.923. The maximum absolute atomic E-state index is 10.7. The van der Waals surface area contributed by atoms with E-state index in [9.17, 15) is 4.79 Å². The fourth-order valence-corrected chi connectivity index (χ4v) is 1.37. The first kappa shape index (κ1) is 9.45. The molecule has 1 aromatic heterocycles. The van der Waals surface area contributed by atoms with Gasteiger partial charge in [-0.2, -0.15) is 5.10 Å². The first-order valence-electron chi connectivity index (χ1n) is 4.53. The van der Waals surface area contributed by atoms with E-state index in [-0.39, 0.29) is 5.57 Å². The summed E-state index contributed by atoms with van der Waals surface area (Å²) in [5.41, 5.74) is 1.84. The molecule has 0 saturated carbocycles. The molecule has 0 aliphatic carbocycles. The molecule has 0 atom stereocenters. The Balaban J connectivity index is 2.54. The molecule has 15 heavy (non-hydrogen) atoms. The second kappa shape index (κ2) is 3.57. The number of carbonyl (C=O) groups is 1. The molecule has 2 aromatic rings. The molecule has 4 heteroatoms. The maximum Gasteiger partial charge on any atom is 0.331 e. The number of fused-ring (bicyclic) bond motifs is 1. The van der Waals surface area contributed by atoms with E-state index in [4.69, 9.17) is 5.11 Å². The van der Waals surface area contributed by atoms with Crippen molar-refractivity contribution in [2.24, 2.45) is 0 Å². The number of nitrogens with one attached hydrogen (secondary N) is 1. The highest BCUT2D eigenvalue weighted by atomic mass is 16.4. The SMILES string of the molecule is C/C(=C\c1[nH]nc2ccccc12)C(=O)O. The molecule has 0 fully saturated rings. The van der Waals surface area contributed by atoms with Crippen LogP contribution in [0.5, 0.6) is 0 Å².